The van der Waals surface area contributed by atoms with Crippen LogP contribution in [-0.4, -0.2) is 35.4 Å². The molecule has 0 unspecified atom stereocenters. The molecule has 0 saturated heterocycles. The van der Waals surface area contributed by atoms with Gasteiger partial charge < -0.3 is 14.6 Å². The van der Waals surface area contributed by atoms with Crippen LogP contribution in [-0.2, 0) is 19.1 Å². The van der Waals surface area contributed by atoms with Crippen LogP contribution in [0.5, 0.6) is 0 Å². The number of cyclic esters (lactones) is 1. The number of rotatable bonds is 3. The van der Waals surface area contributed by atoms with E-state index in [0.29, 0.717) is 18.4 Å². The summed E-state index contributed by atoms with van der Waals surface area (Å²) < 4.78 is 24.4. The van der Waals surface area contributed by atoms with Crippen molar-refractivity contribution < 1.29 is 28.6 Å². The van der Waals surface area contributed by atoms with Crippen LogP contribution >= 0.6 is 0 Å². The lowest BCUT2D eigenvalue weighted by Crippen LogP contribution is -2.27. The molecule has 1 aromatic carbocycles. The second-order valence-corrected chi connectivity index (χ2v) is 8.21. The molecule has 2 aliphatic rings. The molecule has 1 aliphatic heterocycles. The van der Waals surface area contributed by atoms with Gasteiger partial charge in [0.15, 0.2) is 0 Å². The van der Waals surface area contributed by atoms with Crippen molar-refractivity contribution in [3.8, 4) is 0 Å². The lowest BCUT2D eigenvalue weighted by molar-refractivity contribution is -0.145. The summed E-state index contributed by atoms with van der Waals surface area (Å²) in [6, 6.07) is 5.87. The molecular formula is C25H29FO5. The first-order valence-corrected chi connectivity index (χ1v) is 10.8. The number of hydrogen-bond acceptors (Lipinski definition) is 5. The molecule has 31 heavy (non-hydrogen) atoms. The fourth-order valence-corrected chi connectivity index (χ4v) is 4.15. The number of carbonyl (C=O) groups is 2. The number of benzene rings is 1. The highest BCUT2D eigenvalue weighted by Gasteiger charge is 2.38. The summed E-state index contributed by atoms with van der Waals surface area (Å²) in [5.74, 6) is -1.59. The molecule has 3 rings (SSSR count). The summed E-state index contributed by atoms with van der Waals surface area (Å²) in [5.41, 5.74) is 0.539. The standard InChI is InChI=1S/C25H29FO5/c1-17-6-3-2-4-8-19-15-21(27)16-22(19)23(11-13-24(28)30-17)31-25(29)12-10-18-7-5-9-20(26)14-18/h4-5,7-14,17,19,21-23,27H,2-3,6,15-16H2,1H3/b8-4+,12-10+,13-11+/t17-,19+,21-,22+,23+/m0/s1. The van der Waals surface area contributed by atoms with E-state index in [4.69, 9.17) is 9.47 Å². The van der Waals surface area contributed by atoms with Gasteiger partial charge in [0.25, 0.3) is 0 Å². The maximum atomic E-state index is 13.3. The number of carbonyl (C=O) groups excluding carboxylic acids is 2. The summed E-state index contributed by atoms with van der Waals surface area (Å²) in [6.45, 7) is 1.86. The Labute approximate surface area is 182 Å². The summed E-state index contributed by atoms with van der Waals surface area (Å²) in [5, 5.41) is 10.2. The molecular weight excluding hydrogens is 399 g/mol. The van der Waals surface area contributed by atoms with Crippen LogP contribution in [0.2, 0.25) is 0 Å². The van der Waals surface area contributed by atoms with Gasteiger partial charge in [0, 0.05) is 18.1 Å². The van der Waals surface area contributed by atoms with Crippen LogP contribution < -0.4 is 0 Å². The Kier molecular flexibility index (Phi) is 8.18. The molecule has 1 aliphatic carbocycles. The minimum atomic E-state index is -0.694. The van der Waals surface area contributed by atoms with Crippen molar-refractivity contribution in [3.63, 3.8) is 0 Å². The number of ether oxygens (including phenoxy) is 2. The number of allylic oxidation sites excluding steroid dienone is 2. The number of fused-ring (bicyclic) bond motifs is 1. The van der Waals surface area contributed by atoms with Gasteiger partial charge in [-0.3, -0.25) is 0 Å². The van der Waals surface area contributed by atoms with Crippen molar-refractivity contribution in [1.29, 1.82) is 0 Å². The quantitative estimate of drug-likeness (QED) is 0.440. The average Bonchev–Trinajstić information content (AvgIpc) is 3.09. The molecule has 5 atom stereocenters. The monoisotopic (exact) mass is 428 g/mol. The molecule has 0 bridgehead atoms. The van der Waals surface area contributed by atoms with Gasteiger partial charge in [-0.2, -0.15) is 0 Å². The van der Waals surface area contributed by atoms with Crippen LogP contribution in [0.25, 0.3) is 6.08 Å². The average molecular weight is 429 g/mol. The molecule has 6 heteroatoms. The van der Waals surface area contributed by atoms with Gasteiger partial charge in [0.2, 0.25) is 0 Å². The zero-order valence-corrected chi connectivity index (χ0v) is 17.7. The van der Waals surface area contributed by atoms with Crippen molar-refractivity contribution in [3.05, 3.63) is 66.0 Å². The van der Waals surface area contributed by atoms with Crippen molar-refractivity contribution in [2.45, 2.75) is 57.3 Å². The largest absolute Gasteiger partial charge is 0.460 e. The molecule has 0 aromatic heterocycles. The summed E-state index contributed by atoms with van der Waals surface area (Å²) in [6.07, 6.45) is 11.9. The van der Waals surface area contributed by atoms with E-state index in [1.807, 2.05) is 6.92 Å². The van der Waals surface area contributed by atoms with Gasteiger partial charge in [-0.15, -0.1) is 0 Å². The number of hydrogen-bond donors (Lipinski definition) is 1. The minimum absolute atomic E-state index is 0.0406. The Morgan fingerprint density at radius 1 is 1.29 bits per heavy atom. The number of aliphatic hydroxyl groups is 1. The first-order chi connectivity index (χ1) is 14.9. The van der Waals surface area contributed by atoms with Crippen LogP contribution in [0.1, 0.15) is 44.6 Å². The van der Waals surface area contributed by atoms with E-state index in [1.165, 1.54) is 30.4 Å². The Bertz CT molecular complexity index is 859. The molecule has 5 nitrogen and oxygen atoms in total. The zero-order chi connectivity index (χ0) is 22.2. The molecule has 0 amide bonds. The van der Waals surface area contributed by atoms with Crippen LogP contribution in [0.15, 0.2) is 54.6 Å². The molecule has 1 fully saturated rings. The van der Waals surface area contributed by atoms with E-state index >= 15 is 0 Å². The second-order valence-electron chi connectivity index (χ2n) is 8.21. The molecule has 1 saturated carbocycles. The fourth-order valence-electron chi connectivity index (χ4n) is 4.15. The highest BCUT2D eigenvalue weighted by Crippen LogP contribution is 2.37. The first kappa shape index (κ1) is 22.9. The van der Waals surface area contributed by atoms with Gasteiger partial charge in [0.05, 0.1) is 12.2 Å². The normalized spacial score (nSPS) is 31.6. The number of aliphatic hydroxyl groups excluding tert-OH is 1. The Morgan fingerprint density at radius 2 is 2.13 bits per heavy atom. The summed E-state index contributed by atoms with van der Waals surface area (Å²) in [4.78, 5) is 24.6. The number of esters is 2. The van der Waals surface area contributed by atoms with Gasteiger partial charge in [-0.25, -0.2) is 14.0 Å². The second kappa shape index (κ2) is 11.0. The third-order valence-electron chi connectivity index (χ3n) is 5.68. The van der Waals surface area contributed by atoms with E-state index in [9.17, 15) is 19.1 Å². The fraction of sp³-hybridized carbons (Fsp3) is 0.440. The smallest absolute Gasteiger partial charge is 0.331 e. The molecule has 1 N–H and O–H groups in total. The van der Waals surface area contributed by atoms with E-state index in [2.05, 4.69) is 12.2 Å². The van der Waals surface area contributed by atoms with Crippen molar-refractivity contribution in [2.75, 3.05) is 0 Å². The highest BCUT2D eigenvalue weighted by atomic mass is 19.1. The van der Waals surface area contributed by atoms with Gasteiger partial charge >= 0.3 is 11.9 Å². The maximum Gasteiger partial charge on any atom is 0.331 e. The van der Waals surface area contributed by atoms with E-state index in [1.54, 1.807) is 18.2 Å². The predicted octanol–water partition coefficient (Wildman–Crippen LogP) is 4.37. The molecule has 1 heterocycles. The lowest BCUT2D eigenvalue weighted by atomic mass is 9.89. The van der Waals surface area contributed by atoms with Crippen molar-refractivity contribution >= 4 is 18.0 Å². The molecule has 0 radical (unpaired) electrons. The summed E-state index contributed by atoms with van der Waals surface area (Å²) in [7, 11) is 0. The van der Waals surface area contributed by atoms with Crippen LogP contribution in [0.3, 0.4) is 0 Å². The Morgan fingerprint density at radius 3 is 2.94 bits per heavy atom. The summed E-state index contributed by atoms with van der Waals surface area (Å²) >= 11 is 0. The zero-order valence-electron chi connectivity index (χ0n) is 17.7. The Hall–Kier alpha value is -2.73. The van der Waals surface area contributed by atoms with E-state index in [0.717, 1.165) is 19.3 Å². The molecule has 166 valence electrons. The maximum absolute atomic E-state index is 13.3. The molecule has 0 spiro atoms. The van der Waals surface area contributed by atoms with E-state index < -0.39 is 30.0 Å². The van der Waals surface area contributed by atoms with Crippen molar-refractivity contribution in [1.82, 2.24) is 0 Å². The van der Waals surface area contributed by atoms with Gasteiger partial charge in [0.1, 0.15) is 11.9 Å². The van der Waals surface area contributed by atoms with E-state index in [-0.39, 0.29) is 17.9 Å². The van der Waals surface area contributed by atoms with Gasteiger partial charge in [-0.1, -0.05) is 24.3 Å². The highest BCUT2D eigenvalue weighted by molar-refractivity contribution is 5.87. The Balaban J connectivity index is 1.78. The third kappa shape index (κ3) is 7.17. The first-order valence-electron chi connectivity index (χ1n) is 10.8. The molecule has 1 aromatic rings. The van der Waals surface area contributed by atoms with Crippen molar-refractivity contribution in [2.24, 2.45) is 11.8 Å². The number of halogens is 1. The predicted molar refractivity (Wildman–Crippen MR) is 115 cm³/mol. The lowest BCUT2D eigenvalue weighted by Gasteiger charge is -2.24. The van der Waals surface area contributed by atoms with Crippen LogP contribution in [0.4, 0.5) is 4.39 Å². The topological polar surface area (TPSA) is 72.8 Å². The minimum Gasteiger partial charge on any atom is -0.460 e. The third-order valence-corrected chi connectivity index (χ3v) is 5.68. The van der Waals surface area contributed by atoms with Gasteiger partial charge in [-0.05, 0) is 74.8 Å². The SMILES string of the molecule is C[C@H]1CCC/C=C/[C@@H]2C[C@H](O)C[C@H]2[C@H](OC(=O)/C=C/c2cccc(F)c2)/C=C/C(=O)O1. The van der Waals surface area contributed by atoms with Crippen LogP contribution in [0, 0.1) is 17.7 Å².